The molecule has 0 aromatic heterocycles. The van der Waals surface area contributed by atoms with Gasteiger partial charge >= 0.3 is 0 Å². The number of methoxy groups -OCH3 is 1. The largest absolute Gasteiger partial charge is 0.484 e. The molecule has 0 aliphatic rings. The Balaban J connectivity index is 1.87. The van der Waals surface area contributed by atoms with E-state index in [2.05, 4.69) is 10.0 Å². The molecule has 2 amide bonds. The monoisotopic (exact) mass is 407 g/mol. The number of hydrogen-bond donors (Lipinski definition) is 3. The van der Waals surface area contributed by atoms with Gasteiger partial charge in [0.2, 0.25) is 15.9 Å². The van der Waals surface area contributed by atoms with E-state index in [1.54, 1.807) is 12.1 Å². The zero-order chi connectivity index (χ0) is 20.6. The Kier molecular flexibility index (Phi) is 7.50. The van der Waals surface area contributed by atoms with E-state index in [9.17, 15) is 18.0 Å². The second-order valence-corrected chi connectivity index (χ2v) is 7.41. The van der Waals surface area contributed by atoms with Crippen molar-refractivity contribution in [2.75, 3.05) is 32.2 Å². The molecule has 0 bridgehead atoms. The highest BCUT2D eigenvalue weighted by molar-refractivity contribution is 7.89. The highest BCUT2D eigenvalue weighted by Gasteiger charge is 2.13. The molecule has 28 heavy (non-hydrogen) atoms. The van der Waals surface area contributed by atoms with Gasteiger partial charge in [0, 0.05) is 24.9 Å². The average molecular weight is 407 g/mol. The number of ether oxygens (including phenoxy) is 2. The summed E-state index contributed by atoms with van der Waals surface area (Å²) < 4.78 is 36.7. The van der Waals surface area contributed by atoms with Crippen LogP contribution in [0.4, 0.5) is 5.69 Å². The van der Waals surface area contributed by atoms with Crippen molar-refractivity contribution < 1.29 is 27.5 Å². The van der Waals surface area contributed by atoms with E-state index in [4.69, 9.17) is 15.2 Å². The number of primary amides is 1. The Labute approximate surface area is 162 Å². The number of benzene rings is 2. The minimum Gasteiger partial charge on any atom is -0.484 e. The molecule has 2 aromatic carbocycles. The van der Waals surface area contributed by atoms with Crippen LogP contribution in [0.15, 0.2) is 53.4 Å². The van der Waals surface area contributed by atoms with Crippen molar-refractivity contribution in [3.05, 3.63) is 54.1 Å². The molecule has 2 aromatic rings. The van der Waals surface area contributed by atoms with Gasteiger partial charge in [0.05, 0.1) is 11.5 Å². The molecule has 0 aliphatic carbocycles. The fourth-order valence-electron chi connectivity index (χ4n) is 2.14. The molecule has 0 saturated heterocycles. The Hall–Kier alpha value is -2.95. The van der Waals surface area contributed by atoms with Gasteiger partial charge in [-0.2, -0.15) is 0 Å². The first-order valence-electron chi connectivity index (χ1n) is 8.23. The number of hydrogen-bond acceptors (Lipinski definition) is 6. The van der Waals surface area contributed by atoms with Crippen LogP contribution >= 0.6 is 0 Å². The van der Waals surface area contributed by atoms with Crippen LogP contribution in [-0.4, -0.2) is 47.1 Å². The summed E-state index contributed by atoms with van der Waals surface area (Å²) in [6.45, 7) is 0.161. The minimum atomic E-state index is -3.63. The molecule has 0 fully saturated rings. The van der Waals surface area contributed by atoms with Crippen LogP contribution in [0.5, 0.6) is 5.75 Å². The Morgan fingerprint density at radius 2 is 1.68 bits per heavy atom. The fraction of sp³-hybridized carbons (Fsp3) is 0.222. The predicted molar refractivity (Wildman–Crippen MR) is 103 cm³/mol. The predicted octanol–water partition coefficient (Wildman–Crippen LogP) is 0.728. The number of nitrogens with one attached hydrogen (secondary N) is 2. The summed E-state index contributed by atoms with van der Waals surface area (Å²) in [6.07, 6.45) is 0. The number of nitrogens with two attached hydrogens (primary N) is 1. The second-order valence-electron chi connectivity index (χ2n) is 5.64. The molecule has 10 heteroatoms. The van der Waals surface area contributed by atoms with Crippen molar-refractivity contribution in [3.63, 3.8) is 0 Å². The minimum absolute atomic E-state index is 0.0787. The summed E-state index contributed by atoms with van der Waals surface area (Å²) in [5, 5.41) is 2.61. The van der Waals surface area contributed by atoms with Gasteiger partial charge in [0.25, 0.3) is 5.91 Å². The van der Waals surface area contributed by atoms with Crippen LogP contribution in [0.3, 0.4) is 0 Å². The maximum Gasteiger partial charge on any atom is 0.262 e. The maximum atomic E-state index is 12.1. The third-order valence-corrected chi connectivity index (χ3v) is 5.03. The SMILES string of the molecule is COCCNS(=O)(=O)c1ccc(OCC(=O)Nc2ccc(C(N)=O)cc2)cc1. The van der Waals surface area contributed by atoms with E-state index in [0.717, 1.165) is 0 Å². The number of rotatable bonds is 10. The molecule has 0 spiro atoms. The van der Waals surface area contributed by atoms with Crippen molar-refractivity contribution in [3.8, 4) is 5.75 Å². The average Bonchev–Trinajstić information content (AvgIpc) is 2.67. The number of carbonyl (C=O) groups excluding carboxylic acids is 2. The molecule has 0 radical (unpaired) electrons. The second kappa shape index (κ2) is 9.83. The quantitative estimate of drug-likeness (QED) is 0.497. The van der Waals surface area contributed by atoms with Gasteiger partial charge in [-0.15, -0.1) is 0 Å². The molecule has 150 valence electrons. The van der Waals surface area contributed by atoms with Gasteiger partial charge in [0.1, 0.15) is 5.75 Å². The molecule has 2 rings (SSSR count). The van der Waals surface area contributed by atoms with Crippen molar-refractivity contribution in [1.82, 2.24) is 4.72 Å². The lowest BCUT2D eigenvalue weighted by atomic mass is 10.2. The summed E-state index contributed by atoms with van der Waals surface area (Å²) in [5.41, 5.74) is 5.97. The summed E-state index contributed by atoms with van der Waals surface area (Å²) in [4.78, 5) is 23.0. The van der Waals surface area contributed by atoms with Crippen LogP contribution in [0.25, 0.3) is 0 Å². The van der Waals surface area contributed by atoms with Gasteiger partial charge in [-0.25, -0.2) is 13.1 Å². The standard InChI is InChI=1S/C18H21N3O6S/c1-26-11-10-20-28(24,25)16-8-6-15(7-9-16)27-12-17(22)21-14-4-2-13(3-5-14)18(19)23/h2-9,20H,10-12H2,1H3,(H2,19,23)(H,21,22). The van der Waals surface area contributed by atoms with E-state index in [1.165, 1.54) is 43.5 Å². The first kappa shape index (κ1) is 21.4. The van der Waals surface area contributed by atoms with Crippen LogP contribution < -0.4 is 20.5 Å². The van der Waals surface area contributed by atoms with Gasteiger partial charge in [-0.05, 0) is 48.5 Å². The number of sulfonamides is 1. The van der Waals surface area contributed by atoms with Gasteiger partial charge in [-0.3, -0.25) is 9.59 Å². The van der Waals surface area contributed by atoms with E-state index in [1.807, 2.05) is 0 Å². The molecule has 0 aliphatic heterocycles. The van der Waals surface area contributed by atoms with Crippen molar-refractivity contribution in [1.29, 1.82) is 0 Å². The van der Waals surface area contributed by atoms with Crippen molar-refractivity contribution in [2.24, 2.45) is 5.73 Å². The lowest BCUT2D eigenvalue weighted by Gasteiger charge is -2.09. The first-order chi connectivity index (χ1) is 13.3. The zero-order valence-corrected chi connectivity index (χ0v) is 16.0. The summed E-state index contributed by atoms with van der Waals surface area (Å²) in [5.74, 6) is -0.625. The normalized spacial score (nSPS) is 11.0. The van der Waals surface area contributed by atoms with Crippen LogP contribution in [-0.2, 0) is 19.6 Å². The molecule has 0 unspecified atom stereocenters. The Bertz CT molecular complexity index is 911. The third-order valence-electron chi connectivity index (χ3n) is 3.56. The van der Waals surface area contributed by atoms with Crippen LogP contribution in [0.1, 0.15) is 10.4 Å². The topological polar surface area (TPSA) is 137 Å². The van der Waals surface area contributed by atoms with E-state index >= 15 is 0 Å². The van der Waals surface area contributed by atoms with Crippen LogP contribution in [0, 0.1) is 0 Å². The van der Waals surface area contributed by atoms with Crippen LogP contribution in [0.2, 0.25) is 0 Å². The molecule has 0 atom stereocenters. The number of amides is 2. The van der Waals surface area contributed by atoms with E-state index in [-0.39, 0.29) is 24.7 Å². The molecular weight excluding hydrogens is 386 g/mol. The Morgan fingerprint density at radius 1 is 1.04 bits per heavy atom. The van der Waals surface area contributed by atoms with E-state index in [0.29, 0.717) is 17.0 Å². The van der Waals surface area contributed by atoms with Crippen molar-refractivity contribution in [2.45, 2.75) is 4.90 Å². The zero-order valence-electron chi connectivity index (χ0n) is 15.2. The smallest absolute Gasteiger partial charge is 0.262 e. The fourth-order valence-corrected chi connectivity index (χ4v) is 3.15. The summed E-state index contributed by atoms with van der Waals surface area (Å²) >= 11 is 0. The molecule has 4 N–H and O–H groups in total. The molecule has 0 heterocycles. The summed E-state index contributed by atoms with van der Waals surface area (Å²) in [6, 6.07) is 11.8. The van der Waals surface area contributed by atoms with Gasteiger partial charge in [-0.1, -0.05) is 0 Å². The number of anilines is 1. The maximum absolute atomic E-state index is 12.1. The highest BCUT2D eigenvalue weighted by Crippen LogP contribution is 2.16. The number of carbonyl (C=O) groups is 2. The van der Waals surface area contributed by atoms with E-state index < -0.39 is 21.8 Å². The molecule has 9 nitrogen and oxygen atoms in total. The first-order valence-corrected chi connectivity index (χ1v) is 9.71. The van der Waals surface area contributed by atoms with Gasteiger partial charge in [0.15, 0.2) is 6.61 Å². The van der Waals surface area contributed by atoms with Crippen molar-refractivity contribution >= 4 is 27.5 Å². The summed E-state index contributed by atoms with van der Waals surface area (Å²) in [7, 11) is -2.15. The third kappa shape index (κ3) is 6.34. The molecule has 0 saturated carbocycles. The molecular formula is C18H21N3O6S. The van der Waals surface area contributed by atoms with Gasteiger partial charge < -0.3 is 20.5 Å². The Morgan fingerprint density at radius 3 is 2.25 bits per heavy atom. The highest BCUT2D eigenvalue weighted by atomic mass is 32.2. The lowest BCUT2D eigenvalue weighted by Crippen LogP contribution is -2.27. The lowest BCUT2D eigenvalue weighted by molar-refractivity contribution is -0.118.